The number of hydrogen-bond acceptors (Lipinski definition) is 2. The minimum atomic E-state index is 0.198. The molecule has 2 N–H and O–H groups in total. The molecule has 2 saturated heterocycles. The van der Waals surface area contributed by atoms with Crippen molar-refractivity contribution in [3.63, 3.8) is 0 Å². The van der Waals surface area contributed by atoms with Crippen LogP contribution in [0.5, 0.6) is 0 Å². The zero-order chi connectivity index (χ0) is 12.8. The SMILES string of the molecule is Cc1cc(C)cc(CC2(CN)CC3CCC2O3)c1. The molecule has 3 rings (SSSR count). The summed E-state index contributed by atoms with van der Waals surface area (Å²) in [6, 6.07) is 6.84. The molecule has 0 aliphatic carbocycles. The second-order valence-electron chi connectivity index (χ2n) is 6.27. The molecule has 0 amide bonds. The zero-order valence-corrected chi connectivity index (χ0v) is 11.4. The Hall–Kier alpha value is -0.860. The molecule has 18 heavy (non-hydrogen) atoms. The van der Waals surface area contributed by atoms with Gasteiger partial charge < -0.3 is 10.5 Å². The van der Waals surface area contributed by atoms with Gasteiger partial charge in [-0.05, 0) is 45.1 Å². The molecule has 0 saturated carbocycles. The maximum atomic E-state index is 6.10. The van der Waals surface area contributed by atoms with Crippen molar-refractivity contribution in [2.24, 2.45) is 11.1 Å². The van der Waals surface area contributed by atoms with Gasteiger partial charge in [0.25, 0.3) is 0 Å². The number of nitrogens with two attached hydrogens (primary N) is 1. The van der Waals surface area contributed by atoms with Crippen molar-refractivity contribution in [2.75, 3.05) is 6.54 Å². The van der Waals surface area contributed by atoms with Crippen LogP contribution in [0.1, 0.15) is 36.0 Å². The van der Waals surface area contributed by atoms with Crippen LogP contribution in [0, 0.1) is 19.3 Å². The molecule has 0 radical (unpaired) electrons. The molecule has 2 fully saturated rings. The van der Waals surface area contributed by atoms with E-state index in [9.17, 15) is 0 Å². The third-order valence-corrected chi connectivity index (χ3v) is 4.67. The topological polar surface area (TPSA) is 35.2 Å². The van der Waals surface area contributed by atoms with Crippen molar-refractivity contribution < 1.29 is 4.74 Å². The van der Waals surface area contributed by atoms with Crippen LogP contribution in [-0.4, -0.2) is 18.8 Å². The Bertz CT molecular complexity index is 436. The number of aryl methyl sites for hydroxylation is 2. The van der Waals surface area contributed by atoms with Gasteiger partial charge in [-0.15, -0.1) is 0 Å². The van der Waals surface area contributed by atoms with E-state index >= 15 is 0 Å². The molecule has 0 aromatic heterocycles. The van der Waals surface area contributed by atoms with Crippen LogP contribution in [0.25, 0.3) is 0 Å². The zero-order valence-electron chi connectivity index (χ0n) is 11.4. The molecule has 3 unspecified atom stereocenters. The van der Waals surface area contributed by atoms with E-state index in [1.165, 1.54) is 29.5 Å². The summed E-state index contributed by atoms with van der Waals surface area (Å²) in [5.74, 6) is 0. The van der Waals surface area contributed by atoms with Crippen LogP contribution < -0.4 is 5.73 Å². The summed E-state index contributed by atoms with van der Waals surface area (Å²) in [6.45, 7) is 5.09. The minimum Gasteiger partial charge on any atom is -0.374 e. The van der Waals surface area contributed by atoms with E-state index in [0.29, 0.717) is 12.2 Å². The standard InChI is InChI=1S/C16H23NO/c1-11-5-12(2)7-13(6-11)8-16(10-17)9-14-3-4-15(16)18-14/h5-7,14-15H,3-4,8-10,17H2,1-2H3. The third-order valence-electron chi connectivity index (χ3n) is 4.67. The molecule has 3 atom stereocenters. The molecule has 2 heteroatoms. The van der Waals surface area contributed by atoms with Gasteiger partial charge in [0.15, 0.2) is 0 Å². The maximum Gasteiger partial charge on any atom is 0.0652 e. The van der Waals surface area contributed by atoms with Gasteiger partial charge in [0.2, 0.25) is 0 Å². The highest BCUT2D eigenvalue weighted by molar-refractivity contribution is 5.30. The predicted molar refractivity (Wildman–Crippen MR) is 73.6 cm³/mol. The molecule has 2 aliphatic heterocycles. The first-order valence-corrected chi connectivity index (χ1v) is 7.04. The molecular weight excluding hydrogens is 222 g/mol. The van der Waals surface area contributed by atoms with Crippen molar-refractivity contribution in [1.29, 1.82) is 0 Å². The average molecular weight is 245 g/mol. The van der Waals surface area contributed by atoms with Crippen LogP contribution in [0.15, 0.2) is 18.2 Å². The Morgan fingerprint density at radius 3 is 2.44 bits per heavy atom. The molecule has 1 aromatic carbocycles. The fourth-order valence-electron chi connectivity index (χ4n) is 3.94. The Kier molecular flexibility index (Phi) is 2.95. The van der Waals surface area contributed by atoms with E-state index in [4.69, 9.17) is 10.5 Å². The van der Waals surface area contributed by atoms with Crippen LogP contribution in [0.2, 0.25) is 0 Å². The highest BCUT2D eigenvalue weighted by Gasteiger charge is 2.51. The maximum absolute atomic E-state index is 6.10. The van der Waals surface area contributed by atoms with Crippen molar-refractivity contribution in [2.45, 2.75) is 51.7 Å². The predicted octanol–water partition coefficient (Wildman–Crippen LogP) is 2.74. The molecule has 2 aliphatic rings. The van der Waals surface area contributed by atoms with Gasteiger partial charge in [0.05, 0.1) is 12.2 Å². The summed E-state index contributed by atoms with van der Waals surface area (Å²) in [4.78, 5) is 0. The number of benzene rings is 1. The fraction of sp³-hybridized carbons (Fsp3) is 0.625. The Labute approximate surface area is 110 Å². The lowest BCUT2D eigenvalue weighted by Crippen LogP contribution is -2.41. The van der Waals surface area contributed by atoms with E-state index in [1.807, 2.05) is 0 Å². The summed E-state index contributed by atoms with van der Waals surface area (Å²) in [6.07, 6.45) is 5.54. The summed E-state index contributed by atoms with van der Waals surface area (Å²) >= 11 is 0. The van der Waals surface area contributed by atoms with Crippen LogP contribution >= 0.6 is 0 Å². The van der Waals surface area contributed by atoms with E-state index in [-0.39, 0.29) is 5.41 Å². The monoisotopic (exact) mass is 245 g/mol. The average Bonchev–Trinajstić information content (AvgIpc) is 2.88. The van der Waals surface area contributed by atoms with Gasteiger partial charge in [-0.3, -0.25) is 0 Å². The molecular formula is C16H23NO. The Morgan fingerprint density at radius 2 is 1.94 bits per heavy atom. The summed E-state index contributed by atoms with van der Waals surface area (Å²) in [5.41, 5.74) is 10.4. The summed E-state index contributed by atoms with van der Waals surface area (Å²) < 4.78 is 6.03. The molecule has 2 heterocycles. The number of rotatable bonds is 3. The lowest BCUT2D eigenvalue weighted by molar-refractivity contribution is 0.0636. The van der Waals surface area contributed by atoms with Gasteiger partial charge in [-0.2, -0.15) is 0 Å². The first-order valence-electron chi connectivity index (χ1n) is 7.04. The fourth-order valence-corrected chi connectivity index (χ4v) is 3.94. The number of hydrogen-bond donors (Lipinski definition) is 1. The smallest absolute Gasteiger partial charge is 0.0652 e. The highest BCUT2D eigenvalue weighted by Crippen LogP contribution is 2.49. The van der Waals surface area contributed by atoms with Crippen LogP contribution in [0.3, 0.4) is 0 Å². The van der Waals surface area contributed by atoms with Crippen LogP contribution in [0.4, 0.5) is 0 Å². The quantitative estimate of drug-likeness (QED) is 0.888. The van der Waals surface area contributed by atoms with Gasteiger partial charge in [0.1, 0.15) is 0 Å². The summed E-state index contributed by atoms with van der Waals surface area (Å²) in [7, 11) is 0. The second-order valence-corrected chi connectivity index (χ2v) is 6.27. The molecule has 2 bridgehead atoms. The van der Waals surface area contributed by atoms with E-state index in [0.717, 1.165) is 19.4 Å². The van der Waals surface area contributed by atoms with E-state index in [2.05, 4.69) is 32.0 Å². The van der Waals surface area contributed by atoms with Crippen molar-refractivity contribution in [1.82, 2.24) is 0 Å². The van der Waals surface area contributed by atoms with Gasteiger partial charge >= 0.3 is 0 Å². The first kappa shape index (κ1) is 12.2. The van der Waals surface area contributed by atoms with Crippen molar-refractivity contribution in [3.8, 4) is 0 Å². The van der Waals surface area contributed by atoms with E-state index < -0.39 is 0 Å². The summed E-state index contributed by atoms with van der Waals surface area (Å²) in [5, 5.41) is 0. The largest absolute Gasteiger partial charge is 0.374 e. The third kappa shape index (κ3) is 1.98. The lowest BCUT2D eigenvalue weighted by Gasteiger charge is -2.34. The van der Waals surface area contributed by atoms with Crippen molar-refractivity contribution in [3.05, 3.63) is 34.9 Å². The normalized spacial score (nSPS) is 34.2. The molecule has 98 valence electrons. The van der Waals surface area contributed by atoms with E-state index in [1.54, 1.807) is 0 Å². The molecule has 2 nitrogen and oxygen atoms in total. The number of fused-ring (bicyclic) bond motifs is 2. The van der Waals surface area contributed by atoms with Gasteiger partial charge in [0, 0.05) is 12.0 Å². The molecule has 1 aromatic rings. The Balaban J connectivity index is 1.86. The molecule has 0 spiro atoms. The highest BCUT2D eigenvalue weighted by atomic mass is 16.5. The minimum absolute atomic E-state index is 0.198. The second kappa shape index (κ2) is 4.36. The van der Waals surface area contributed by atoms with Crippen LogP contribution in [-0.2, 0) is 11.2 Å². The van der Waals surface area contributed by atoms with Crippen molar-refractivity contribution >= 4 is 0 Å². The Morgan fingerprint density at radius 1 is 1.22 bits per heavy atom. The number of ether oxygens (including phenoxy) is 1. The first-order chi connectivity index (χ1) is 8.61. The lowest BCUT2D eigenvalue weighted by atomic mass is 9.70. The van der Waals surface area contributed by atoms with Gasteiger partial charge in [-0.1, -0.05) is 29.3 Å². The van der Waals surface area contributed by atoms with Gasteiger partial charge in [-0.25, -0.2) is 0 Å².